The molecule has 4 aromatic rings. The number of carbonyl (C=O) groups is 2. The molecule has 0 radical (unpaired) electrons. The van der Waals surface area contributed by atoms with E-state index in [4.69, 9.17) is 16.3 Å². The Morgan fingerprint density at radius 2 is 1.69 bits per heavy atom. The van der Waals surface area contributed by atoms with Crippen LogP contribution in [0.15, 0.2) is 85.1 Å². The van der Waals surface area contributed by atoms with Crippen LogP contribution in [0.2, 0.25) is 5.02 Å². The molecule has 0 N–H and O–H groups in total. The summed E-state index contributed by atoms with van der Waals surface area (Å²) in [4.78, 5) is 25.8. The Kier molecular flexibility index (Phi) is 6.15. The fourth-order valence-corrected chi connectivity index (χ4v) is 4.91. The Morgan fingerprint density at radius 1 is 1.03 bits per heavy atom. The second kappa shape index (κ2) is 9.01. The summed E-state index contributed by atoms with van der Waals surface area (Å²) >= 11 is 6.20. The largest absolute Gasteiger partial charge is 0.468 e. The van der Waals surface area contributed by atoms with Gasteiger partial charge in [-0.1, -0.05) is 72.3 Å². The van der Waals surface area contributed by atoms with Gasteiger partial charge in [0, 0.05) is 41.5 Å². The lowest BCUT2D eigenvalue weighted by atomic mass is 9.62. The molecule has 162 valence electrons. The first-order valence-corrected chi connectivity index (χ1v) is 10.8. The molecule has 0 amide bonds. The number of esters is 1. The van der Waals surface area contributed by atoms with Gasteiger partial charge in [0.15, 0.2) is 0 Å². The lowest BCUT2D eigenvalue weighted by molar-refractivity contribution is -0.146. The van der Waals surface area contributed by atoms with E-state index in [9.17, 15) is 9.59 Å². The molecule has 5 heteroatoms. The fraction of sp³-hybridized carbons (Fsp3) is 0.185. The number of methoxy groups -OCH3 is 1. The van der Waals surface area contributed by atoms with E-state index in [1.165, 1.54) is 7.11 Å². The van der Waals surface area contributed by atoms with Gasteiger partial charge in [-0.3, -0.25) is 4.79 Å². The van der Waals surface area contributed by atoms with Crippen LogP contribution in [0, 0.1) is 0 Å². The first kappa shape index (κ1) is 21.8. The molecular weight excluding hydrogens is 422 g/mol. The third kappa shape index (κ3) is 3.51. The summed E-state index contributed by atoms with van der Waals surface area (Å²) in [5, 5.41) is 1.50. The standard InChI is InChI=1S/C27H24ClNO3/c1-29-18-24(22-10-6-7-11-25(22)29)27(26(31)32-2,20-12-14-21(28)15-13-20)23(16-17-30)19-8-4-3-5-9-19/h3-15,17-18,23H,16H2,1-2H3/t23-,27+/m0/s1. The van der Waals surface area contributed by atoms with Crippen molar-refractivity contribution in [2.45, 2.75) is 17.8 Å². The number of aryl methyl sites for hydroxylation is 1. The number of halogens is 1. The van der Waals surface area contributed by atoms with Crippen molar-refractivity contribution < 1.29 is 14.3 Å². The Bertz CT molecular complexity index is 1250. The molecule has 0 unspecified atom stereocenters. The number of rotatable bonds is 7. The highest BCUT2D eigenvalue weighted by atomic mass is 35.5. The number of aromatic nitrogens is 1. The van der Waals surface area contributed by atoms with E-state index in [-0.39, 0.29) is 6.42 Å². The molecule has 0 aliphatic heterocycles. The van der Waals surface area contributed by atoms with Crippen molar-refractivity contribution in [3.05, 3.63) is 107 Å². The summed E-state index contributed by atoms with van der Waals surface area (Å²) in [6.07, 6.45) is 2.98. The van der Waals surface area contributed by atoms with Gasteiger partial charge in [-0.05, 0) is 34.9 Å². The summed E-state index contributed by atoms with van der Waals surface area (Å²) in [5.41, 5.74) is 2.12. The number of benzene rings is 3. The molecule has 2 atom stereocenters. The van der Waals surface area contributed by atoms with Crippen molar-refractivity contribution in [2.75, 3.05) is 7.11 Å². The average Bonchev–Trinajstić information content (AvgIpc) is 3.17. The van der Waals surface area contributed by atoms with Gasteiger partial charge in [0.1, 0.15) is 11.7 Å². The Balaban J connectivity index is 2.16. The molecule has 4 rings (SSSR count). The maximum absolute atomic E-state index is 13.9. The van der Waals surface area contributed by atoms with E-state index >= 15 is 0 Å². The maximum atomic E-state index is 13.9. The van der Waals surface area contributed by atoms with Crippen molar-refractivity contribution in [1.29, 1.82) is 0 Å². The molecule has 0 saturated carbocycles. The molecule has 0 saturated heterocycles. The third-order valence-corrected chi connectivity index (χ3v) is 6.44. The normalized spacial score (nSPS) is 14.0. The number of aldehydes is 1. The SMILES string of the molecule is COC(=O)[C@@](c1ccc(Cl)cc1)(c1cn(C)c2ccccc12)[C@@H](CC=O)c1ccccc1. The predicted molar refractivity (Wildman–Crippen MR) is 127 cm³/mol. The fourth-order valence-electron chi connectivity index (χ4n) is 4.79. The maximum Gasteiger partial charge on any atom is 0.321 e. The highest BCUT2D eigenvalue weighted by molar-refractivity contribution is 6.30. The van der Waals surface area contributed by atoms with E-state index in [2.05, 4.69) is 0 Å². The highest BCUT2D eigenvalue weighted by Crippen LogP contribution is 2.49. The Hall–Kier alpha value is -3.37. The molecule has 32 heavy (non-hydrogen) atoms. The van der Waals surface area contributed by atoms with Crippen LogP contribution in [0.4, 0.5) is 0 Å². The Labute approximate surface area is 192 Å². The number of hydrogen-bond donors (Lipinski definition) is 0. The van der Waals surface area contributed by atoms with Gasteiger partial charge < -0.3 is 14.1 Å². The smallest absolute Gasteiger partial charge is 0.321 e. The quantitative estimate of drug-likeness (QED) is 0.272. The van der Waals surface area contributed by atoms with Crippen LogP contribution in [-0.4, -0.2) is 23.9 Å². The zero-order chi connectivity index (χ0) is 22.7. The van der Waals surface area contributed by atoms with E-state index in [0.29, 0.717) is 5.02 Å². The second-order valence-corrected chi connectivity index (χ2v) is 8.28. The molecule has 0 aliphatic rings. The second-order valence-electron chi connectivity index (χ2n) is 7.84. The summed E-state index contributed by atoms with van der Waals surface area (Å²) in [7, 11) is 3.34. The predicted octanol–water partition coefficient (Wildman–Crippen LogP) is 5.66. The monoisotopic (exact) mass is 445 g/mol. The lowest BCUT2D eigenvalue weighted by Gasteiger charge is -2.38. The minimum absolute atomic E-state index is 0.144. The minimum Gasteiger partial charge on any atom is -0.468 e. The molecule has 0 bridgehead atoms. The molecule has 0 spiro atoms. The van der Waals surface area contributed by atoms with Gasteiger partial charge >= 0.3 is 5.97 Å². The minimum atomic E-state index is -1.26. The average molecular weight is 446 g/mol. The first-order chi connectivity index (χ1) is 15.5. The van der Waals surface area contributed by atoms with E-state index < -0.39 is 17.3 Å². The van der Waals surface area contributed by atoms with E-state index in [1.54, 1.807) is 12.1 Å². The van der Waals surface area contributed by atoms with Crippen LogP contribution in [0.1, 0.15) is 29.0 Å². The zero-order valence-electron chi connectivity index (χ0n) is 18.0. The van der Waals surface area contributed by atoms with Gasteiger partial charge in [0.2, 0.25) is 0 Å². The molecule has 1 heterocycles. The van der Waals surface area contributed by atoms with Crippen LogP contribution in [0.3, 0.4) is 0 Å². The number of para-hydroxylation sites is 1. The van der Waals surface area contributed by atoms with Crippen LogP contribution < -0.4 is 0 Å². The van der Waals surface area contributed by atoms with Crippen LogP contribution in [-0.2, 0) is 26.8 Å². The highest BCUT2D eigenvalue weighted by Gasteiger charge is 2.51. The van der Waals surface area contributed by atoms with Crippen LogP contribution in [0.25, 0.3) is 10.9 Å². The number of fused-ring (bicyclic) bond motifs is 1. The summed E-state index contributed by atoms with van der Waals surface area (Å²) in [6.45, 7) is 0. The molecule has 4 nitrogen and oxygen atoms in total. The van der Waals surface area contributed by atoms with Crippen LogP contribution >= 0.6 is 11.6 Å². The number of ether oxygens (including phenoxy) is 1. The Morgan fingerprint density at radius 3 is 2.34 bits per heavy atom. The van der Waals surface area contributed by atoms with Gasteiger partial charge in [0.05, 0.1) is 7.11 Å². The van der Waals surface area contributed by atoms with Crippen molar-refractivity contribution in [3.63, 3.8) is 0 Å². The van der Waals surface area contributed by atoms with E-state index in [1.807, 2.05) is 84.5 Å². The summed E-state index contributed by atoms with van der Waals surface area (Å²) in [5.74, 6) is -0.910. The van der Waals surface area contributed by atoms with Crippen molar-refractivity contribution in [3.8, 4) is 0 Å². The van der Waals surface area contributed by atoms with E-state index in [0.717, 1.165) is 33.9 Å². The van der Waals surface area contributed by atoms with Gasteiger partial charge in [-0.25, -0.2) is 0 Å². The third-order valence-electron chi connectivity index (χ3n) is 6.19. The lowest BCUT2D eigenvalue weighted by Crippen LogP contribution is -2.44. The van der Waals surface area contributed by atoms with Gasteiger partial charge in [-0.15, -0.1) is 0 Å². The first-order valence-electron chi connectivity index (χ1n) is 10.4. The van der Waals surface area contributed by atoms with Gasteiger partial charge in [0.25, 0.3) is 0 Å². The summed E-state index contributed by atoms with van der Waals surface area (Å²) in [6, 6.07) is 24.8. The molecule has 0 fully saturated rings. The molecule has 1 aromatic heterocycles. The van der Waals surface area contributed by atoms with Gasteiger partial charge in [-0.2, -0.15) is 0 Å². The topological polar surface area (TPSA) is 48.3 Å². The number of hydrogen-bond acceptors (Lipinski definition) is 3. The van der Waals surface area contributed by atoms with Crippen molar-refractivity contribution >= 4 is 34.8 Å². The molecular formula is C27H24ClNO3. The molecule has 0 aliphatic carbocycles. The number of carbonyl (C=O) groups excluding carboxylic acids is 2. The zero-order valence-corrected chi connectivity index (χ0v) is 18.8. The van der Waals surface area contributed by atoms with Crippen molar-refractivity contribution in [2.24, 2.45) is 7.05 Å². The molecule has 3 aromatic carbocycles. The van der Waals surface area contributed by atoms with Crippen LogP contribution in [0.5, 0.6) is 0 Å². The number of nitrogens with zero attached hydrogens (tertiary/aromatic N) is 1. The van der Waals surface area contributed by atoms with Crippen molar-refractivity contribution in [1.82, 2.24) is 4.57 Å². The summed E-state index contributed by atoms with van der Waals surface area (Å²) < 4.78 is 7.47.